The van der Waals surface area contributed by atoms with Crippen LogP contribution in [0.3, 0.4) is 0 Å². The van der Waals surface area contributed by atoms with Crippen molar-refractivity contribution in [3.8, 4) is 0 Å². The highest BCUT2D eigenvalue weighted by molar-refractivity contribution is 7.73. The number of hydrogen-bond donors (Lipinski definition) is 0. The first-order valence-electron chi connectivity index (χ1n) is 13.7. The number of carbonyl (C=O) groups excluding carboxylic acids is 1. The van der Waals surface area contributed by atoms with Crippen LogP contribution in [0.2, 0.25) is 41.8 Å². The van der Waals surface area contributed by atoms with E-state index in [0.717, 1.165) is 12.8 Å². The molecule has 2 fully saturated rings. The molecule has 1 saturated carbocycles. The third-order valence-corrected chi connectivity index (χ3v) is 57.7. The second-order valence-electron chi connectivity index (χ2n) is 17.1. The van der Waals surface area contributed by atoms with E-state index in [9.17, 15) is 4.79 Å². The summed E-state index contributed by atoms with van der Waals surface area (Å²) in [6.07, 6.45) is 3.28. The molecule has 1 aliphatic heterocycles. The Kier molecular flexibility index (Phi) is 5.94. The minimum atomic E-state index is -2.01. The zero-order valence-corrected chi connectivity index (χ0v) is 28.2. The molecule has 33 heavy (non-hydrogen) atoms. The van der Waals surface area contributed by atoms with E-state index in [-0.39, 0.29) is 22.2 Å². The Morgan fingerprint density at radius 1 is 0.788 bits per heavy atom. The number of ketones is 1. The SMILES string of the molecule is CC(C)(C)C1=C2[C@]1(C(C)(C)C)[C@H]1C(=O)CCC[C@@H]1[Si]2([Si](C)(C)C(C)(C)C)[Si](C)(C)C(C)(C)C. The molecule has 0 N–H and O–H groups in total. The summed E-state index contributed by atoms with van der Waals surface area (Å²) in [4.78, 5) is 14.1. The number of Topliss-reactive ketones (excluding diaryl/α,β-unsaturated/α-hetero) is 1. The van der Waals surface area contributed by atoms with Gasteiger partial charge >= 0.3 is 0 Å². The third kappa shape index (κ3) is 3.08. The topological polar surface area (TPSA) is 17.1 Å². The zero-order valence-electron chi connectivity index (χ0n) is 25.2. The lowest BCUT2D eigenvalue weighted by molar-refractivity contribution is -0.128. The lowest BCUT2D eigenvalue weighted by atomic mass is 9.59. The van der Waals surface area contributed by atoms with Crippen LogP contribution in [-0.4, -0.2) is 28.1 Å². The first kappa shape index (κ1) is 27.6. The van der Waals surface area contributed by atoms with Crippen LogP contribution < -0.4 is 0 Å². The molecule has 1 saturated heterocycles. The van der Waals surface area contributed by atoms with Crippen LogP contribution in [0.25, 0.3) is 0 Å². The lowest BCUT2D eigenvalue weighted by Crippen LogP contribution is -2.80. The normalized spacial score (nSPS) is 31.0. The van der Waals surface area contributed by atoms with E-state index in [1.54, 1.807) is 5.57 Å². The number of carbonyl (C=O) groups is 1. The molecule has 4 heteroatoms. The van der Waals surface area contributed by atoms with Gasteiger partial charge in [0.15, 0.2) is 0 Å². The predicted molar refractivity (Wildman–Crippen MR) is 155 cm³/mol. The molecule has 3 atom stereocenters. The summed E-state index contributed by atoms with van der Waals surface area (Å²) >= 11 is 0. The van der Waals surface area contributed by atoms with Gasteiger partial charge in [-0.05, 0) is 32.9 Å². The fourth-order valence-corrected chi connectivity index (χ4v) is 65.9. The fourth-order valence-electron chi connectivity index (χ4n) is 9.05. The molecule has 3 aliphatic rings. The van der Waals surface area contributed by atoms with Crippen molar-refractivity contribution in [2.24, 2.45) is 22.2 Å². The molecule has 2 aliphatic carbocycles. The number of allylic oxidation sites excluding steroid dienone is 2. The van der Waals surface area contributed by atoms with Gasteiger partial charge < -0.3 is 0 Å². The first-order valence-corrected chi connectivity index (χ1v) is 23.7. The highest BCUT2D eigenvalue weighted by atomic mass is 29.6. The Hall–Kier alpha value is 0.0606. The Morgan fingerprint density at radius 2 is 1.21 bits per heavy atom. The van der Waals surface area contributed by atoms with Crippen LogP contribution in [0, 0.1) is 22.2 Å². The lowest BCUT2D eigenvalue weighted by Gasteiger charge is -2.63. The van der Waals surface area contributed by atoms with Gasteiger partial charge in [-0.2, -0.15) is 0 Å². The summed E-state index contributed by atoms with van der Waals surface area (Å²) in [5.74, 6) is 0.898. The first-order chi connectivity index (χ1) is 14.4. The quantitative estimate of drug-likeness (QED) is 0.342. The summed E-state index contributed by atoms with van der Waals surface area (Å²) in [6.45, 7) is 41.4. The van der Waals surface area contributed by atoms with Crippen molar-refractivity contribution in [2.75, 3.05) is 0 Å². The van der Waals surface area contributed by atoms with Crippen molar-refractivity contribution in [1.82, 2.24) is 0 Å². The molecule has 0 aromatic heterocycles. The Balaban J connectivity index is 2.61. The molecular weight excluding hydrogens is 449 g/mol. The third-order valence-electron chi connectivity index (χ3n) is 11.7. The van der Waals surface area contributed by atoms with Crippen molar-refractivity contribution in [3.05, 3.63) is 10.8 Å². The zero-order chi connectivity index (χ0) is 26.0. The predicted octanol–water partition coefficient (Wildman–Crippen LogP) is 9.29. The largest absolute Gasteiger partial charge is 0.299 e. The van der Waals surface area contributed by atoms with E-state index in [0.29, 0.717) is 21.4 Å². The Labute approximate surface area is 209 Å². The summed E-state index contributed by atoms with van der Waals surface area (Å²) in [7, 11) is -5.58. The molecule has 0 radical (unpaired) electrons. The fraction of sp³-hybridized carbons (Fsp3) is 0.897. The molecule has 3 rings (SSSR count). The van der Waals surface area contributed by atoms with Gasteiger partial charge in [0.25, 0.3) is 0 Å². The second-order valence-corrected chi connectivity index (χ2v) is 43.1. The van der Waals surface area contributed by atoms with Gasteiger partial charge in [0.1, 0.15) is 5.78 Å². The smallest absolute Gasteiger partial charge is 0.137 e. The van der Waals surface area contributed by atoms with E-state index in [1.165, 1.54) is 6.42 Å². The molecular formula is C29H56OSi3. The van der Waals surface area contributed by atoms with Gasteiger partial charge in [-0.3, -0.25) is 4.79 Å². The van der Waals surface area contributed by atoms with Gasteiger partial charge in [0.2, 0.25) is 0 Å². The van der Waals surface area contributed by atoms with Crippen molar-refractivity contribution < 1.29 is 4.79 Å². The van der Waals surface area contributed by atoms with Crippen LogP contribution >= 0.6 is 0 Å². The molecule has 190 valence electrons. The summed E-state index contributed by atoms with van der Waals surface area (Å²) < 4.78 is 0. The molecule has 0 amide bonds. The van der Waals surface area contributed by atoms with Crippen LogP contribution in [0.1, 0.15) is 102 Å². The van der Waals surface area contributed by atoms with Crippen LogP contribution in [0.5, 0.6) is 0 Å². The van der Waals surface area contributed by atoms with Crippen molar-refractivity contribution in [2.45, 2.75) is 144 Å². The molecule has 0 spiro atoms. The number of rotatable bonds is 2. The average Bonchev–Trinajstić information content (AvgIpc) is 3.17. The average molecular weight is 505 g/mol. The molecule has 1 heterocycles. The summed E-state index contributed by atoms with van der Waals surface area (Å²) in [5, 5.41) is 2.65. The highest BCUT2D eigenvalue weighted by Crippen LogP contribution is 2.86. The van der Waals surface area contributed by atoms with Crippen molar-refractivity contribution >= 4 is 28.1 Å². The maximum atomic E-state index is 14.1. The second kappa shape index (κ2) is 7.09. The van der Waals surface area contributed by atoms with Crippen molar-refractivity contribution in [3.63, 3.8) is 0 Å². The van der Waals surface area contributed by atoms with Crippen LogP contribution in [0.15, 0.2) is 10.8 Å². The minimum Gasteiger partial charge on any atom is -0.299 e. The maximum Gasteiger partial charge on any atom is 0.137 e. The van der Waals surface area contributed by atoms with Gasteiger partial charge in [-0.25, -0.2) is 0 Å². The van der Waals surface area contributed by atoms with E-state index in [1.807, 2.05) is 5.20 Å². The number of hydrogen-bond acceptors (Lipinski definition) is 1. The van der Waals surface area contributed by atoms with E-state index < -0.39 is 22.3 Å². The van der Waals surface area contributed by atoms with Gasteiger partial charge in [-0.1, -0.05) is 126 Å². The Morgan fingerprint density at radius 3 is 1.55 bits per heavy atom. The minimum absolute atomic E-state index is 0.0602. The van der Waals surface area contributed by atoms with Gasteiger partial charge in [0.05, 0.1) is 7.11 Å². The summed E-state index contributed by atoms with van der Waals surface area (Å²) in [5.41, 5.74) is 2.76. The molecule has 0 bridgehead atoms. The van der Waals surface area contributed by atoms with Gasteiger partial charge in [0, 0.05) is 32.9 Å². The molecule has 0 unspecified atom stereocenters. The van der Waals surface area contributed by atoms with E-state index in [2.05, 4.69) is 109 Å². The van der Waals surface area contributed by atoms with E-state index in [4.69, 9.17) is 0 Å². The van der Waals surface area contributed by atoms with Gasteiger partial charge in [-0.15, -0.1) is 0 Å². The monoisotopic (exact) mass is 504 g/mol. The van der Waals surface area contributed by atoms with Crippen molar-refractivity contribution in [1.29, 1.82) is 0 Å². The highest BCUT2D eigenvalue weighted by Gasteiger charge is 2.87. The molecule has 0 aromatic carbocycles. The van der Waals surface area contributed by atoms with Crippen LogP contribution in [0.4, 0.5) is 0 Å². The Bertz CT molecular complexity index is 854. The van der Waals surface area contributed by atoms with Crippen LogP contribution in [-0.2, 0) is 4.79 Å². The molecule has 0 aromatic rings. The number of fused-ring (bicyclic) bond motifs is 3. The molecule has 1 nitrogen and oxygen atoms in total. The standard InChI is InChI=1S/C29H56OSi3/c1-25(2,3)23-24-29(23,26(4,5)6)22-20(30)18-17-19-21(22)33(24,31(13,14)27(7,8)9)32(15,16)28(10,11)12/h21-22H,17-19H2,1-16H3/t21-,22-,29-/m0/s1. The van der Waals surface area contributed by atoms with E-state index >= 15 is 0 Å². The summed E-state index contributed by atoms with van der Waals surface area (Å²) in [6, 6.07) is 0. The maximum absolute atomic E-state index is 14.1.